The molecule has 1 aromatic heterocycles. The zero-order valence-electron chi connectivity index (χ0n) is 13.6. The molecule has 5 nitrogen and oxygen atoms in total. The van der Waals surface area contributed by atoms with E-state index < -0.39 is 5.91 Å². The van der Waals surface area contributed by atoms with E-state index in [9.17, 15) is 4.79 Å². The molecule has 1 atom stereocenters. The predicted octanol–water partition coefficient (Wildman–Crippen LogP) is 1.67. The zero-order valence-corrected chi connectivity index (χ0v) is 13.6. The Morgan fingerprint density at radius 2 is 2.04 bits per heavy atom. The molecule has 23 heavy (non-hydrogen) atoms. The second-order valence-corrected chi connectivity index (χ2v) is 6.16. The van der Waals surface area contributed by atoms with Gasteiger partial charge in [-0.2, -0.15) is 0 Å². The van der Waals surface area contributed by atoms with Crippen LogP contribution in [0.2, 0.25) is 0 Å². The third-order valence-electron chi connectivity index (χ3n) is 4.52. The molecule has 1 amide bonds. The molecule has 3 rings (SSSR count). The Morgan fingerprint density at radius 3 is 2.78 bits per heavy atom. The number of carbonyl (C=O) groups is 1. The predicted molar refractivity (Wildman–Crippen MR) is 91.4 cm³/mol. The number of hydrogen-bond donors (Lipinski definition) is 1. The van der Waals surface area contributed by atoms with Crippen LogP contribution in [0.5, 0.6) is 0 Å². The van der Waals surface area contributed by atoms with Gasteiger partial charge in [-0.3, -0.25) is 9.69 Å². The highest BCUT2D eigenvalue weighted by Crippen LogP contribution is 2.24. The van der Waals surface area contributed by atoms with Crippen LogP contribution in [0.15, 0.2) is 42.6 Å². The van der Waals surface area contributed by atoms with E-state index >= 15 is 0 Å². The van der Waals surface area contributed by atoms with Crippen LogP contribution in [0, 0.1) is 0 Å². The summed E-state index contributed by atoms with van der Waals surface area (Å²) in [7, 11) is 4.10. The molecule has 0 saturated carbocycles. The lowest BCUT2D eigenvalue weighted by atomic mass is 9.94. The Labute approximate surface area is 136 Å². The summed E-state index contributed by atoms with van der Waals surface area (Å²) in [6.07, 6.45) is 2.69. The lowest BCUT2D eigenvalue weighted by molar-refractivity contribution is 0.100. The first-order valence-electron chi connectivity index (χ1n) is 7.79. The Balaban J connectivity index is 1.79. The van der Waals surface area contributed by atoms with Crippen molar-refractivity contribution in [1.29, 1.82) is 0 Å². The van der Waals surface area contributed by atoms with Gasteiger partial charge >= 0.3 is 0 Å². The van der Waals surface area contributed by atoms with Crippen molar-refractivity contribution in [2.24, 2.45) is 5.73 Å². The van der Waals surface area contributed by atoms with Crippen molar-refractivity contribution < 1.29 is 4.79 Å². The molecular formula is C18H22N4O. The second kappa shape index (κ2) is 6.38. The van der Waals surface area contributed by atoms with Crippen molar-refractivity contribution >= 4 is 11.7 Å². The lowest BCUT2D eigenvalue weighted by Gasteiger charge is -2.36. The molecule has 1 aromatic carbocycles. The molecule has 2 aromatic rings. The summed E-state index contributed by atoms with van der Waals surface area (Å²) < 4.78 is 0. The first-order chi connectivity index (χ1) is 11.1. The third kappa shape index (κ3) is 3.19. The molecule has 2 heterocycles. The maximum atomic E-state index is 11.6. The quantitative estimate of drug-likeness (QED) is 0.933. The molecule has 0 radical (unpaired) electrons. The minimum absolute atomic E-state index is 0.373. The highest BCUT2D eigenvalue weighted by molar-refractivity contribution is 5.97. The van der Waals surface area contributed by atoms with Crippen molar-refractivity contribution in [3.63, 3.8) is 0 Å². The fraction of sp³-hybridized carbons (Fsp3) is 0.333. The highest BCUT2D eigenvalue weighted by atomic mass is 16.1. The standard InChI is InChI=1S/C18H22N4O/c1-21-11-14-7-4-3-6-13(14)10-15(21)12-22(2)18-16(17(19)23)8-5-9-20-18/h3-9,15H,10-12H2,1-2H3,(H2,19,23). The van der Waals surface area contributed by atoms with Crippen LogP contribution in [-0.2, 0) is 13.0 Å². The zero-order chi connectivity index (χ0) is 16.4. The number of benzene rings is 1. The number of anilines is 1. The topological polar surface area (TPSA) is 62.5 Å². The van der Waals surface area contributed by atoms with E-state index in [4.69, 9.17) is 5.73 Å². The number of aromatic nitrogens is 1. The minimum Gasteiger partial charge on any atom is -0.365 e. The van der Waals surface area contributed by atoms with Gasteiger partial charge in [0.05, 0.1) is 5.56 Å². The number of primary amides is 1. The molecule has 120 valence electrons. The summed E-state index contributed by atoms with van der Waals surface area (Å²) in [6, 6.07) is 12.4. The van der Waals surface area contributed by atoms with Gasteiger partial charge in [-0.05, 0) is 36.7 Å². The Bertz CT molecular complexity index is 716. The van der Waals surface area contributed by atoms with Crippen molar-refractivity contribution in [3.8, 4) is 0 Å². The smallest absolute Gasteiger partial charge is 0.252 e. The number of nitrogens with two attached hydrogens (primary N) is 1. The molecule has 0 spiro atoms. The molecule has 1 aliphatic heterocycles. The van der Waals surface area contributed by atoms with Gasteiger partial charge in [-0.25, -0.2) is 4.98 Å². The number of amides is 1. The number of rotatable bonds is 4. The van der Waals surface area contributed by atoms with Crippen molar-refractivity contribution in [3.05, 3.63) is 59.3 Å². The summed E-state index contributed by atoms with van der Waals surface area (Å²) >= 11 is 0. The molecule has 0 bridgehead atoms. The number of carbonyl (C=O) groups excluding carboxylic acids is 1. The summed E-state index contributed by atoms with van der Waals surface area (Å²) in [5.74, 6) is 0.203. The first-order valence-corrected chi connectivity index (χ1v) is 7.79. The van der Waals surface area contributed by atoms with Gasteiger partial charge in [-0.1, -0.05) is 24.3 Å². The SMILES string of the molecule is CN(CC1Cc2ccccc2CN1C)c1ncccc1C(N)=O. The molecular weight excluding hydrogens is 288 g/mol. The van der Waals surface area contributed by atoms with Gasteiger partial charge in [0.25, 0.3) is 5.91 Å². The number of hydrogen-bond acceptors (Lipinski definition) is 4. The summed E-state index contributed by atoms with van der Waals surface area (Å²) in [5.41, 5.74) is 8.72. The largest absolute Gasteiger partial charge is 0.365 e. The number of nitrogens with zero attached hydrogens (tertiary/aromatic N) is 3. The van der Waals surface area contributed by atoms with E-state index in [1.807, 2.05) is 11.9 Å². The van der Waals surface area contributed by atoms with E-state index in [1.165, 1.54) is 11.1 Å². The van der Waals surface area contributed by atoms with Crippen LogP contribution in [-0.4, -0.2) is 42.5 Å². The van der Waals surface area contributed by atoms with Crippen LogP contribution < -0.4 is 10.6 Å². The van der Waals surface area contributed by atoms with Gasteiger partial charge in [0, 0.05) is 32.4 Å². The van der Waals surface area contributed by atoms with E-state index in [2.05, 4.69) is 41.2 Å². The van der Waals surface area contributed by atoms with Gasteiger partial charge in [0.1, 0.15) is 5.82 Å². The Kier molecular flexibility index (Phi) is 4.30. The molecule has 0 saturated heterocycles. The number of pyridine rings is 1. The molecule has 5 heteroatoms. The minimum atomic E-state index is -0.442. The maximum absolute atomic E-state index is 11.6. The van der Waals surface area contributed by atoms with Crippen molar-refractivity contribution in [2.45, 2.75) is 19.0 Å². The van der Waals surface area contributed by atoms with Crippen LogP contribution in [0.4, 0.5) is 5.82 Å². The highest BCUT2D eigenvalue weighted by Gasteiger charge is 2.25. The van der Waals surface area contributed by atoms with E-state index in [-0.39, 0.29) is 0 Å². The molecule has 1 aliphatic rings. The van der Waals surface area contributed by atoms with Crippen molar-refractivity contribution in [1.82, 2.24) is 9.88 Å². The normalized spacial score (nSPS) is 17.6. The third-order valence-corrected chi connectivity index (χ3v) is 4.52. The average Bonchev–Trinajstić information content (AvgIpc) is 2.55. The van der Waals surface area contributed by atoms with E-state index in [1.54, 1.807) is 18.3 Å². The first kappa shape index (κ1) is 15.5. The van der Waals surface area contributed by atoms with E-state index in [0.29, 0.717) is 17.4 Å². The lowest BCUT2D eigenvalue weighted by Crippen LogP contribution is -2.45. The van der Waals surface area contributed by atoms with Crippen molar-refractivity contribution in [2.75, 3.05) is 25.5 Å². The Hall–Kier alpha value is -2.40. The Morgan fingerprint density at radius 1 is 1.30 bits per heavy atom. The molecule has 0 fully saturated rings. The van der Waals surface area contributed by atoms with Gasteiger partial charge in [-0.15, -0.1) is 0 Å². The maximum Gasteiger partial charge on any atom is 0.252 e. The second-order valence-electron chi connectivity index (χ2n) is 6.16. The fourth-order valence-electron chi connectivity index (χ4n) is 3.22. The van der Waals surface area contributed by atoms with Gasteiger partial charge in [0.2, 0.25) is 0 Å². The van der Waals surface area contributed by atoms with Crippen LogP contribution in [0.3, 0.4) is 0 Å². The van der Waals surface area contributed by atoms with Crippen LogP contribution >= 0.6 is 0 Å². The summed E-state index contributed by atoms with van der Waals surface area (Å²) in [5, 5.41) is 0. The average molecular weight is 310 g/mol. The molecule has 1 unspecified atom stereocenters. The molecule has 2 N–H and O–H groups in total. The van der Waals surface area contributed by atoms with Crippen LogP contribution in [0.1, 0.15) is 21.5 Å². The van der Waals surface area contributed by atoms with E-state index in [0.717, 1.165) is 19.5 Å². The summed E-state index contributed by atoms with van der Waals surface area (Å²) in [6.45, 7) is 1.74. The molecule has 0 aliphatic carbocycles. The van der Waals surface area contributed by atoms with Gasteiger partial charge in [0.15, 0.2) is 0 Å². The summed E-state index contributed by atoms with van der Waals surface area (Å²) in [4.78, 5) is 20.3. The van der Waals surface area contributed by atoms with Crippen LogP contribution in [0.25, 0.3) is 0 Å². The number of likely N-dealkylation sites (N-methyl/N-ethyl adjacent to an activating group) is 2. The van der Waals surface area contributed by atoms with Gasteiger partial charge < -0.3 is 10.6 Å². The number of fused-ring (bicyclic) bond motifs is 1. The monoisotopic (exact) mass is 310 g/mol. The fourth-order valence-corrected chi connectivity index (χ4v) is 3.22.